The molecule has 1 atom stereocenters. The average molecular weight is 299 g/mol. The molecule has 5 nitrogen and oxygen atoms in total. The number of nitrogens with zero attached hydrogens (tertiary/aromatic N) is 1. The zero-order chi connectivity index (χ0) is 13.7. The van der Waals surface area contributed by atoms with Gasteiger partial charge in [-0.2, -0.15) is 0 Å². The second kappa shape index (κ2) is 7.87. The first-order chi connectivity index (χ1) is 9.18. The van der Waals surface area contributed by atoms with E-state index in [1.807, 2.05) is 30.3 Å². The summed E-state index contributed by atoms with van der Waals surface area (Å²) < 4.78 is 5.15. The summed E-state index contributed by atoms with van der Waals surface area (Å²) in [6.45, 7) is 0.554. The van der Waals surface area contributed by atoms with Crippen molar-refractivity contribution in [2.75, 3.05) is 6.54 Å². The fourth-order valence-corrected chi connectivity index (χ4v) is 2.05. The number of nitrogens with two attached hydrogens (primary N) is 1. The van der Waals surface area contributed by atoms with Gasteiger partial charge in [0.15, 0.2) is 0 Å². The van der Waals surface area contributed by atoms with Crippen LogP contribution in [0.2, 0.25) is 0 Å². The lowest BCUT2D eigenvalue weighted by Gasteiger charge is -2.20. The van der Waals surface area contributed by atoms with E-state index >= 15 is 0 Å². The molecular formula is C14H19ClN2O3. The van der Waals surface area contributed by atoms with Gasteiger partial charge >= 0.3 is 6.09 Å². The van der Waals surface area contributed by atoms with E-state index in [4.69, 9.17) is 10.5 Å². The Labute approximate surface area is 124 Å². The number of hydrogen-bond donors (Lipinski definition) is 1. The molecule has 1 heterocycles. The van der Waals surface area contributed by atoms with E-state index in [2.05, 4.69) is 0 Å². The van der Waals surface area contributed by atoms with Gasteiger partial charge in [-0.05, 0) is 24.8 Å². The molecule has 6 heteroatoms. The third-order valence-corrected chi connectivity index (χ3v) is 3.16. The third-order valence-electron chi connectivity index (χ3n) is 3.16. The molecule has 1 aromatic carbocycles. The first kappa shape index (κ1) is 16.5. The number of hydrogen-bond acceptors (Lipinski definition) is 4. The van der Waals surface area contributed by atoms with Crippen molar-refractivity contribution in [2.45, 2.75) is 31.9 Å². The number of ether oxygens (including phenoxy) is 1. The lowest BCUT2D eigenvalue weighted by molar-refractivity contribution is -0.130. The lowest BCUT2D eigenvalue weighted by Crippen LogP contribution is -2.45. The monoisotopic (exact) mass is 298 g/mol. The Balaban J connectivity index is 0.00000200. The van der Waals surface area contributed by atoms with Crippen LogP contribution in [0.4, 0.5) is 4.79 Å². The van der Waals surface area contributed by atoms with Gasteiger partial charge < -0.3 is 10.5 Å². The molecule has 2 amide bonds. The van der Waals surface area contributed by atoms with Crippen molar-refractivity contribution in [3.05, 3.63) is 35.9 Å². The summed E-state index contributed by atoms with van der Waals surface area (Å²) in [5.41, 5.74) is 6.61. The Morgan fingerprint density at radius 3 is 2.70 bits per heavy atom. The van der Waals surface area contributed by atoms with Crippen LogP contribution in [-0.2, 0) is 16.1 Å². The Morgan fingerprint density at radius 2 is 2.00 bits per heavy atom. The van der Waals surface area contributed by atoms with Crippen molar-refractivity contribution in [3.8, 4) is 0 Å². The Kier molecular flexibility index (Phi) is 6.48. The topological polar surface area (TPSA) is 72.6 Å². The molecule has 0 saturated carbocycles. The molecule has 0 aromatic heterocycles. The smallest absolute Gasteiger partial charge is 0.416 e. The first-order valence-electron chi connectivity index (χ1n) is 6.46. The van der Waals surface area contributed by atoms with Crippen molar-refractivity contribution in [1.82, 2.24) is 4.90 Å². The van der Waals surface area contributed by atoms with Crippen LogP contribution in [0.25, 0.3) is 0 Å². The number of rotatable bonds is 2. The molecule has 2 rings (SSSR count). The SMILES string of the molecule is Cl.N[C@H]1CCCCN(C(=O)OCc2ccccc2)C1=O. The van der Waals surface area contributed by atoms with Gasteiger partial charge in [0.2, 0.25) is 5.91 Å². The van der Waals surface area contributed by atoms with Gasteiger partial charge in [-0.25, -0.2) is 9.69 Å². The minimum atomic E-state index is -0.605. The molecule has 1 aliphatic heterocycles. The van der Waals surface area contributed by atoms with E-state index < -0.39 is 12.1 Å². The van der Waals surface area contributed by atoms with Crippen LogP contribution in [-0.4, -0.2) is 29.5 Å². The zero-order valence-corrected chi connectivity index (χ0v) is 12.0. The van der Waals surface area contributed by atoms with Gasteiger partial charge in [-0.3, -0.25) is 4.79 Å². The van der Waals surface area contributed by atoms with E-state index in [0.717, 1.165) is 23.3 Å². The van der Waals surface area contributed by atoms with E-state index in [1.54, 1.807) is 0 Å². The van der Waals surface area contributed by atoms with Gasteiger partial charge in [0.1, 0.15) is 6.61 Å². The highest BCUT2D eigenvalue weighted by molar-refractivity contribution is 5.95. The van der Waals surface area contributed by atoms with Crippen LogP contribution < -0.4 is 5.73 Å². The normalized spacial score (nSPS) is 18.9. The van der Waals surface area contributed by atoms with Gasteiger partial charge in [-0.1, -0.05) is 30.3 Å². The summed E-state index contributed by atoms with van der Waals surface area (Å²) in [7, 11) is 0. The molecule has 20 heavy (non-hydrogen) atoms. The van der Waals surface area contributed by atoms with Gasteiger partial charge in [0, 0.05) is 6.54 Å². The van der Waals surface area contributed by atoms with E-state index in [0.29, 0.717) is 13.0 Å². The number of carbonyl (C=O) groups excluding carboxylic acids is 2. The fraction of sp³-hybridized carbons (Fsp3) is 0.429. The van der Waals surface area contributed by atoms with Gasteiger partial charge in [0.05, 0.1) is 6.04 Å². The van der Waals surface area contributed by atoms with Crippen molar-refractivity contribution in [3.63, 3.8) is 0 Å². The van der Waals surface area contributed by atoms with Gasteiger partial charge in [-0.15, -0.1) is 12.4 Å². The molecule has 1 fully saturated rings. The molecule has 1 aromatic rings. The molecule has 0 aliphatic carbocycles. The summed E-state index contributed by atoms with van der Waals surface area (Å²) in [5, 5.41) is 0. The maximum atomic E-state index is 11.9. The Bertz CT molecular complexity index is 453. The van der Waals surface area contributed by atoms with Crippen LogP contribution in [0.15, 0.2) is 30.3 Å². The number of halogens is 1. The molecule has 0 unspecified atom stereocenters. The standard InChI is InChI=1S/C14H18N2O3.ClH/c15-12-8-4-5-9-16(13(12)17)14(18)19-10-11-6-2-1-3-7-11;/h1-3,6-7,12H,4-5,8-10,15H2;1H/t12-;/m0./s1. The number of carbonyl (C=O) groups is 2. The van der Waals surface area contributed by atoms with E-state index in [1.165, 1.54) is 0 Å². The molecule has 0 radical (unpaired) electrons. The van der Waals surface area contributed by atoms with Crippen LogP contribution in [0, 0.1) is 0 Å². The summed E-state index contributed by atoms with van der Waals surface area (Å²) in [6.07, 6.45) is 1.66. The molecule has 0 bridgehead atoms. The quantitative estimate of drug-likeness (QED) is 0.907. The highest BCUT2D eigenvalue weighted by Crippen LogP contribution is 2.12. The van der Waals surface area contributed by atoms with Crippen molar-refractivity contribution >= 4 is 24.4 Å². The maximum Gasteiger partial charge on any atom is 0.416 e. The molecule has 2 N–H and O–H groups in total. The summed E-state index contributed by atoms with van der Waals surface area (Å²) in [4.78, 5) is 24.9. The number of benzene rings is 1. The lowest BCUT2D eigenvalue weighted by atomic mass is 10.1. The average Bonchev–Trinajstić information content (AvgIpc) is 2.60. The van der Waals surface area contributed by atoms with E-state index in [9.17, 15) is 9.59 Å². The highest BCUT2D eigenvalue weighted by Gasteiger charge is 2.29. The highest BCUT2D eigenvalue weighted by atomic mass is 35.5. The molecule has 1 saturated heterocycles. The minimum Gasteiger partial charge on any atom is -0.444 e. The summed E-state index contributed by atoms with van der Waals surface area (Å²) >= 11 is 0. The summed E-state index contributed by atoms with van der Waals surface area (Å²) in [6, 6.07) is 8.77. The minimum absolute atomic E-state index is 0. The molecule has 110 valence electrons. The second-order valence-electron chi connectivity index (χ2n) is 4.63. The Hall–Kier alpha value is -1.59. The maximum absolute atomic E-state index is 11.9. The third kappa shape index (κ3) is 4.21. The van der Waals surface area contributed by atoms with E-state index in [-0.39, 0.29) is 24.9 Å². The van der Waals surface area contributed by atoms with Crippen molar-refractivity contribution in [2.24, 2.45) is 5.73 Å². The number of imide groups is 1. The Morgan fingerprint density at radius 1 is 1.30 bits per heavy atom. The van der Waals surface area contributed by atoms with Crippen LogP contribution >= 0.6 is 12.4 Å². The van der Waals surface area contributed by atoms with Gasteiger partial charge in [0.25, 0.3) is 0 Å². The molecular weight excluding hydrogens is 280 g/mol. The molecule has 1 aliphatic rings. The number of likely N-dealkylation sites (tertiary alicyclic amines) is 1. The van der Waals surface area contributed by atoms with Crippen molar-refractivity contribution < 1.29 is 14.3 Å². The predicted molar refractivity (Wildman–Crippen MR) is 77.4 cm³/mol. The van der Waals surface area contributed by atoms with Crippen molar-refractivity contribution in [1.29, 1.82) is 0 Å². The van der Waals surface area contributed by atoms with Crippen LogP contribution in [0.3, 0.4) is 0 Å². The summed E-state index contributed by atoms with van der Waals surface area (Å²) in [5.74, 6) is -0.337. The zero-order valence-electron chi connectivity index (χ0n) is 11.2. The largest absolute Gasteiger partial charge is 0.444 e. The second-order valence-corrected chi connectivity index (χ2v) is 4.63. The number of amides is 2. The predicted octanol–water partition coefficient (Wildman–Crippen LogP) is 2.08. The van der Waals surface area contributed by atoms with Crippen LogP contribution in [0.1, 0.15) is 24.8 Å². The fourth-order valence-electron chi connectivity index (χ4n) is 2.05. The molecule has 0 spiro atoms. The first-order valence-corrected chi connectivity index (χ1v) is 6.46. The van der Waals surface area contributed by atoms with Crippen LogP contribution in [0.5, 0.6) is 0 Å².